The molecule has 3 fully saturated rings. The first-order chi connectivity index (χ1) is 25.3. The summed E-state index contributed by atoms with van der Waals surface area (Å²) in [5, 5.41) is 5.00. The molecule has 1 aromatic carbocycles. The van der Waals surface area contributed by atoms with Gasteiger partial charge in [-0.15, -0.1) is 0 Å². The van der Waals surface area contributed by atoms with Crippen LogP contribution >= 0.6 is 0 Å². The van der Waals surface area contributed by atoms with Gasteiger partial charge in [-0.05, 0) is 71.5 Å². The van der Waals surface area contributed by atoms with Gasteiger partial charge >= 0.3 is 12.2 Å². The average Bonchev–Trinajstić information content (AvgIpc) is 3.93. The van der Waals surface area contributed by atoms with Crippen LogP contribution in [0.3, 0.4) is 0 Å². The number of sulfonamides is 1. The van der Waals surface area contributed by atoms with Crippen LogP contribution in [0.15, 0.2) is 18.2 Å². The second kappa shape index (κ2) is 14.6. The SMILES string of the molecule is CC[C@@H]1C(C)[C@]1(NC(=O)[C@@H]1C[C@@H]2CN1C(=O)[C@H](C(C)(C)C)NC(=O)OCC(C)(C)CCCCc1cccc3c1CN(C3)C(=O)O2)C(=O)NS(=O)(=O)C1CC1.[HH].[HH].[HH]. The Labute approximate surface area is 323 Å². The maximum Gasteiger partial charge on any atom is 0.410 e. The van der Waals surface area contributed by atoms with E-state index >= 15 is 0 Å². The summed E-state index contributed by atoms with van der Waals surface area (Å²) in [6.07, 6.45) is 2.66. The molecule has 3 heterocycles. The summed E-state index contributed by atoms with van der Waals surface area (Å²) in [6, 6.07) is 3.79. The Morgan fingerprint density at radius 2 is 1.78 bits per heavy atom. The summed E-state index contributed by atoms with van der Waals surface area (Å²) >= 11 is 0. The van der Waals surface area contributed by atoms with Crippen molar-refractivity contribution in [2.45, 2.75) is 142 Å². The third-order valence-corrected chi connectivity index (χ3v) is 13.9. The topological polar surface area (TPSA) is 181 Å². The lowest BCUT2D eigenvalue weighted by molar-refractivity contribution is -0.143. The van der Waals surface area contributed by atoms with Gasteiger partial charge < -0.3 is 25.0 Å². The maximum atomic E-state index is 14.6. The highest BCUT2D eigenvalue weighted by Gasteiger charge is 2.68. The highest BCUT2D eigenvalue weighted by molar-refractivity contribution is 7.91. The minimum Gasteiger partial charge on any atom is -0.449 e. The van der Waals surface area contributed by atoms with Crippen molar-refractivity contribution < 1.29 is 46.1 Å². The van der Waals surface area contributed by atoms with Crippen molar-refractivity contribution in [3.8, 4) is 0 Å². The normalized spacial score (nSPS) is 30.5. The first-order valence-corrected chi connectivity index (χ1v) is 21.0. The Bertz CT molecular complexity index is 1800. The molecule has 0 aromatic heterocycles. The molecule has 54 heavy (non-hydrogen) atoms. The van der Waals surface area contributed by atoms with Crippen molar-refractivity contribution in [3.05, 3.63) is 34.9 Å². The third-order valence-electron chi connectivity index (χ3n) is 12.1. The summed E-state index contributed by atoms with van der Waals surface area (Å²) in [4.78, 5) is 72.6. The van der Waals surface area contributed by atoms with Crippen molar-refractivity contribution in [1.82, 2.24) is 25.2 Å². The molecule has 4 bridgehead atoms. The minimum atomic E-state index is -3.90. The Morgan fingerprint density at radius 1 is 1.07 bits per heavy atom. The van der Waals surface area contributed by atoms with Crippen LogP contribution in [0.25, 0.3) is 0 Å². The smallest absolute Gasteiger partial charge is 0.410 e. The van der Waals surface area contributed by atoms with E-state index in [0.717, 1.165) is 36.8 Å². The highest BCUT2D eigenvalue weighted by atomic mass is 32.2. The number of ether oxygens (including phenoxy) is 2. The second-order valence-electron chi connectivity index (χ2n) is 17.9. The lowest BCUT2D eigenvalue weighted by Gasteiger charge is -2.35. The van der Waals surface area contributed by atoms with E-state index in [1.807, 2.05) is 32.9 Å². The van der Waals surface area contributed by atoms with Gasteiger partial charge in [-0.3, -0.25) is 24.0 Å². The van der Waals surface area contributed by atoms with Crippen LogP contribution < -0.4 is 15.4 Å². The van der Waals surface area contributed by atoms with Crippen molar-refractivity contribution in [3.63, 3.8) is 0 Å². The van der Waals surface area contributed by atoms with Crippen LogP contribution in [0.5, 0.6) is 0 Å². The zero-order valence-electron chi connectivity index (χ0n) is 32.7. The Morgan fingerprint density at radius 3 is 2.43 bits per heavy atom. The van der Waals surface area contributed by atoms with Crippen molar-refractivity contribution in [1.29, 1.82) is 0 Å². The molecule has 2 aliphatic carbocycles. The fourth-order valence-corrected chi connectivity index (χ4v) is 9.95. The van der Waals surface area contributed by atoms with E-state index in [1.54, 1.807) is 32.6 Å². The number of nitrogens with zero attached hydrogens (tertiary/aromatic N) is 2. The number of carbonyl (C=O) groups excluding carboxylic acids is 5. The predicted molar refractivity (Wildman–Crippen MR) is 205 cm³/mol. The summed E-state index contributed by atoms with van der Waals surface area (Å²) < 4.78 is 39.5. The van der Waals surface area contributed by atoms with Crippen LogP contribution in [-0.2, 0) is 53.4 Å². The van der Waals surface area contributed by atoms with Gasteiger partial charge in [-0.2, -0.15) is 0 Å². The van der Waals surface area contributed by atoms with Crippen LogP contribution in [0, 0.1) is 22.7 Å². The Hall–Kier alpha value is -3.88. The number of hydrogen-bond acceptors (Lipinski definition) is 9. The van der Waals surface area contributed by atoms with Gasteiger partial charge in [0, 0.05) is 23.8 Å². The molecule has 1 aromatic rings. The van der Waals surface area contributed by atoms with Crippen LogP contribution in [0.2, 0.25) is 0 Å². The molecule has 14 nitrogen and oxygen atoms in total. The molecule has 0 spiro atoms. The number of cyclic esters (lactones) is 1. The number of rotatable bonds is 6. The second-order valence-corrected chi connectivity index (χ2v) is 19.8. The largest absolute Gasteiger partial charge is 0.449 e. The molecule has 3 aliphatic heterocycles. The van der Waals surface area contributed by atoms with E-state index < -0.39 is 74.3 Å². The maximum absolute atomic E-state index is 14.6. The summed E-state index contributed by atoms with van der Waals surface area (Å²) in [7, 11) is -3.90. The van der Waals surface area contributed by atoms with E-state index in [0.29, 0.717) is 32.4 Å². The van der Waals surface area contributed by atoms with Gasteiger partial charge in [0.05, 0.1) is 18.4 Å². The first-order valence-electron chi connectivity index (χ1n) is 19.4. The number of fused-ring (bicyclic) bond motifs is 3. The Kier molecular flexibility index (Phi) is 10.8. The number of hydrogen-bond donors (Lipinski definition) is 3. The number of amides is 5. The number of nitrogens with one attached hydrogen (secondary N) is 3. The average molecular weight is 778 g/mol. The molecular weight excluding hydrogens is 715 g/mol. The van der Waals surface area contributed by atoms with E-state index in [2.05, 4.69) is 21.4 Å². The molecule has 304 valence electrons. The molecule has 5 aliphatic rings. The lowest BCUT2D eigenvalue weighted by Crippen LogP contribution is -2.60. The number of alkyl carbamates (subject to hydrolysis) is 1. The van der Waals surface area contributed by atoms with Crippen molar-refractivity contribution in [2.75, 3.05) is 13.2 Å². The van der Waals surface area contributed by atoms with Gasteiger partial charge in [0.15, 0.2) is 0 Å². The van der Waals surface area contributed by atoms with E-state index in [-0.39, 0.29) is 41.1 Å². The fourth-order valence-electron chi connectivity index (χ4n) is 8.60. The molecule has 5 amide bonds. The summed E-state index contributed by atoms with van der Waals surface area (Å²) in [5.74, 6) is -2.75. The monoisotopic (exact) mass is 777 g/mol. The fraction of sp³-hybridized carbons (Fsp3) is 0.718. The summed E-state index contributed by atoms with van der Waals surface area (Å²) in [6.45, 7) is 13.9. The summed E-state index contributed by atoms with van der Waals surface area (Å²) in [5.41, 5.74) is 0.689. The van der Waals surface area contributed by atoms with Gasteiger partial charge in [0.25, 0.3) is 5.91 Å². The molecule has 1 saturated heterocycles. The number of aryl methyl sites for hydroxylation is 1. The quantitative estimate of drug-likeness (QED) is 0.363. The van der Waals surface area contributed by atoms with Gasteiger partial charge in [-0.25, -0.2) is 18.0 Å². The van der Waals surface area contributed by atoms with Crippen molar-refractivity contribution in [2.24, 2.45) is 22.7 Å². The van der Waals surface area contributed by atoms with Gasteiger partial charge in [0.2, 0.25) is 21.8 Å². The molecule has 3 N–H and O–H groups in total. The molecular formula is C39H63N5O9S. The third kappa shape index (κ3) is 8.06. The van der Waals surface area contributed by atoms with Gasteiger partial charge in [-0.1, -0.05) is 79.5 Å². The first kappa shape index (κ1) is 39.8. The molecule has 6 atom stereocenters. The highest BCUT2D eigenvalue weighted by Crippen LogP contribution is 2.53. The van der Waals surface area contributed by atoms with E-state index in [1.165, 1.54) is 10.5 Å². The molecule has 1 unspecified atom stereocenters. The molecule has 0 radical (unpaired) electrons. The Balaban J connectivity index is 0.00000290. The zero-order chi connectivity index (χ0) is 39.4. The van der Waals surface area contributed by atoms with Gasteiger partial charge in [0.1, 0.15) is 23.7 Å². The molecule has 6 rings (SSSR count). The van der Waals surface area contributed by atoms with Crippen LogP contribution in [-0.4, -0.2) is 90.3 Å². The number of carbonyl (C=O) groups is 5. The van der Waals surface area contributed by atoms with Crippen LogP contribution in [0.4, 0.5) is 9.59 Å². The van der Waals surface area contributed by atoms with E-state index in [4.69, 9.17) is 9.47 Å². The lowest BCUT2D eigenvalue weighted by atomic mass is 9.85. The minimum absolute atomic E-state index is 0. The van der Waals surface area contributed by atoms with Crippen molar-refractivity contribution >= 4 is 39.9 Å². The standard InChI is InChI=1S/C39H57N5O9S.3H2/c1-8-29-23(2)39(29,34(47)42-54(50,51)27-15-16-27)41-32(45)30-18-26-20-44(30)33(46)31(37(3,4)5)40-35(48)52-22-38(6,7)17-10-9-12-24-13-11-14-25-19-43(21-28(24)25)36(49)53-26;;;/h11,13-14,23,26-27,29-31H,8-10,12,15-22H2,1-7H3,(H,40,48)(H,41,45)(H,42,47);3*1H/t23?,26-,29-,30+,31-,39-;;;/m1.../s1. The molecule has 15 heteroatoms. The number of benzene rings is 1. The predicted octanol–water partition coefficient (Wildman–Crippen LogP) is 4.88. The molecule has 2 saturated carbocycles. The van der Waals surface area contributed by atoms with E-state index in [9.17, 15) is 32.4 Å². The van der Waals surface area contributed by atoms with Crippen LogP contribution in [0.1, 0.15) is 114 Å². The zero-order valence-corrected chi connectivity index (χ0v) is 33.5.